The van der Waals surface area contributed by atoms with Crippen LogP contribution >= 0.6 is 11.8 Å². The van der Waals surface area contributed by atoms with Gasteiger partial charge >= 0.3 is 0 Å². The quantitative estimate of drug-likeness (QED) is 0.794. The Kier molecular flexibility index (Phi) is 4.90. The van der Waals surface area contributed by atoms with E-state index in [-0.39, 0.29) is 17.4 Å². The number of thioether (sulfide) groups is 1. The summed E-state index contributed by atoms with van der Waals surface area (Å²) in [7, 11) is 0. The maximum atomic E-state index is 11.8. The van der Waals surface area contributed by atoms with Crippen LogP contribution in [0, 0.1) is 5.41 Å². The van der Waals surface area contributed by atoms with Gasteiger partial charge in [-0.05, 0) is 24.5 Å². The van der Waals surface area contributed by atoms with Crippen molar-refractivity contribution in [2.24, 2.45) is 11.1 Å². The highest BCUT2D eigenvalue weighted by molar-refractivity contribution is 8.00. The third-order valence-corrected chi connectivity index (χ3v) is 5.24. The molecule has 0 saturated heterocycles. The third kappa shape index (κ3) is 4.18. The lowest BCUT2D eigenvalue weighted by Gasteiger charge is -2.40. The molecule has 0 aromatic rings. The Bertz CT molecular complexity index is 264. The second-order valence-electron chi connectivity index (χ2n) is 6.19. The molecule has 1 saturated carbocycles. The first-order valence-electron chi connectivity index (χ1n) is 6.36. The van der Waals surface area contributed by atoms with Crippen LogP contribution in [-0.2, 0) is 4.79 Å². The molecule has 0 spiro atoms. The van der Waals surface area contributed by atoms with Gasteiger partial charge in [-0.2, -0.15) is 11.8 Å². The van der Waals surface area contributed by atoms with E-state index in [1.807, 2.05) is 11.8 Å². The molecule has 17 heavy (non-hydrogen) atoms. The topological polar surface area (TPSA) is 55.1 Å². The van der Waals surface area contributed by atoms with Gasteiger partial charge in [-0.15, -0.1) is 0 Å². The van der Waals surface area contributed by atoms with Crippen molar-refractivity contribution in [2.45, 2.75) is 57.2 Å². The maximum Gasteiger partial charge on any atom is 0.221 e. The first-order valence-corrected chi connectivity index (χ1v) is 7.59. The molecular weight excluding hydrogens is 232 g/mol. The van der Waals surface area contributed by atoms with E-state index in [0.29, 0.717) is 11.2 Å². The van der Waals surface area contributed by atoms with Crippen LogP contribution in [0.25, 0.3) is 0 Å². The molecule has 0 aromatic carbocycles. The van der Waals surface area contributed by atoms with Crippen molar-refractivity contribution in [3.05, 3.63) is 0 Å². The van der Waals surface area contributed by atoms with E-state index in [4.69, 9.17) is 5.73 Å². The van der Waals surface area contributed by atoms with Crippen molar-refractivity contribution in [1.29, 1.82) is 0 Å². The van der Waals surface area contributed by atoms with E-state index in [0.717, 1.165) is 6.54 Å². The Balaban J connectivity index is 2.30. The molecule has 4 heteroatoms. The number of amides is 1. The minimum atomic E-state index is -0.0749. The average molecular weight is 258 g/mol. The van der Waals surface area contributed by atoms with Crippen LogP contribution in [-0.4, -0.2) is 29.5 Å². The molecule has 1 rings (SSSR count). The van der Waals surface area contributed by atoms with Gasteiger partial charge in [0.15, 0.2) is 0 Å². The van der Waals surface area contributed by atoms with Crippen molar-refractivity contribution < 1.29 is 4.79 Å². The van der Waals surface area contributed by atoms with Gasteiger partial charge in [0, 0.05) is 23.8 Å². The first kappa shape index (κ1) is 14.8. The lowest BCUT2D eigenvalue weighted by molar-refractivity contribution is -0.122. The predicted molar refractivity (Wildman–Crippen MR) is 75.2 cm³/mol. The lowest BCUT2D eigenvalue weighted by Crippen LogP contribution is -2.47. The largest absolute Gasteiger partial charge is 0.355 e. The van der Waals surface area contributed by atoms with E-state index in [2.05, 4.69) is 32.3 Å². The molecule has 0 radical (unpaired) electrons. The highest BCUT2D eigenvalue weighted by atomic mass is 32.2. The standard InChI is InChI=1S/C13H26N2OS/c1-12(2,3)10(14)8-11(16)15-9-13(17-4)6-5-7-13/h10H,5-9,14H2,1-4H3,(H,15,16). The Morgan fingerprint density at radius 3 is 2.41 bits per heavy atom. The third-order valence-electron chi connectivity index (χ3n) is 3.82. The maximum absolute atomic E-state index is 11.8. The monoisotopic (exact) mass is 258 g/mol. The van der Waals surface area contributed by atoms with Crippen LogP contribution in [0.4, 0.5) is 0 Å². The average Bonchev–Trinajstić information content (AvgIpc) is 2.15. The lowest BCUT2D eigenvalue weighted by atomic mass is 9.83. The summed E-state index contributed by atoms with van der Waals surface area (Å²) in [5, 5.41) is 3.04. The van der Waals surface area contributed by atoms with Crippen LogP contribution in [0.5, 0.6) is 0 Å². The highest BCUT2D eigenvalue weighted by Gasteiger charge is 2.36. The van der Waals surface area contributed by atoms with Gasteiger partial charge in [0.2, 0.25) is 5.91 Å². The summed E-state index contributed by atoms with van der Waals surface area (Å²) in [6.07, 6.45) is 6.29. The molecule has 1 atom stereocenters. The zero-order valence-electron chi connectivity index (χ0n) is 11.5. The molecule has 1 unspecified atom stereocenters. The fraction of sp³-hybridized carbons (Fsp3) is 0.923. The van der Waals surface area contributed by atoms with Gasteiger partial charge in [0.1, 0.15) is 0 Å². The second kappa shape index (κ2) is 5.61. The Hall–Kier alpha value is -0.220. The van der Waals surface area contributed by atoms with Crippen molar-refractivity contribution in [2.75, 3.05) is 12.8 Å². The van der Waals surface area contributed by atoms with Gasteiger partial charge < -0.3 is 11.1 Å². The number of carbonyl (C=O) groups excluding carboxylic acids is 1. The van der Waals surface area contributed by atoms with Gasteiger partial charge in [-0.3, -0.25) is 4.79 Å². The molecular formula is C13H26N2OS. The summed E-state index contributed by atoms with van der Waals surface area (Å²) in [6.45, 7) is 7.00. The van der Waals surface area contributed by atoms with Crippen molar-refractivity contribution in [3.8, 4) is 0 Å². The zero-order chi connectivity index (χ0) is 13.1. The molecule has 0 bridgehead atoms. The number of nitrogens with one attached hydrogen (secondary N) is 1. The fourth-order valence-corrected chi connectivity index (χ4v) is 2.78. The normalized spacial score (nSPS) is 20.5. The molecule has 1 fully saturated rings. The summed E-state index contributed by atoms with van der Waals surface area (Å²) in [4.78, 5) is 11.8. The minimum absolute atomic E-state index is 0.00893. The zero-order valence-corrected chi connectivity index (χ0v) is 12.3. The molecule has 0 heterocycles. The number of rotatable bonds is 5. The summed E-state index contributed by atoms with van der Waals surface area (Å²) in [5.41, 5.74) is 6.00. The van der Waals surface area contributed by atoms with Gasteiger partial charge in [0.05, 0.1) is 0 Å². The van der Waals surface area contributed by atoms with Gasteiger partial charge in [-0.25, -0.2) is 0 Å². The molecule has 3 N–H and O–H groups in total. The van der Waals surface area contributed by atoms with Crippen molar-refractivity contribution >= 4 is 17.7 Å². The second-order valence-corrected chi connectivity index (χ2v) is 7.47. The van der Waals surface area contributed by atoms with Crippen molar-refractivity contribution in [3.63, 3.8) is 0 Å². The van der Waals surface area contributed by atoms with E-state index in [9.17, 15) is 4.79 Å². The fourth-order valence-electron chi connectivity index (χ4n) is 1.86. The predicted octanol–water partition coefficient (Wildman–Crippen LogP) is 2.15. The van der Waals surface area contributed by atoms with Crippen LogP contribution in [0.15, 0.2) is 0 Å². The molecule has 1 amide bonds. The van der Waals surface area contributed by atoms with Crippen LogP contribution < -0.4 is 11.1 Å². The van der Waals surface area contributed by atoms with Crippen LogP contribution in [0.3, 0.4) is 0 Å². The first-order chi connectivity index (χ1) is 7.79. The van der Waals surface area contributed by atoms with Crippen molar-refractivity contribution in [1.82, 2.24) is 5.32 Å². The summed E-state index contributed by atoms with van der Waals surface area (Å²) in [6, 6.07) is -0.0749. The van der Waals surface area contributed by atoms with Gasteiger partial charge in [-0.1, -0.05) is 27.2 Å². The van der Waals surface area contributed by atoms with Crippen LogP contribution in [0.1, 0.15) is 46.5 Å². The molecule has 1 aliphatic rings. The number of carbonyl (C=O) groups is 1. The molecule has 3 nitrogen and oxygen atoms in total. The SMILES string of the molecule is CSC1(CNC(=O)CC(N)C(C)(C)C)CCC1. The molecule has 0 aromatic heterocycles. The number of nitrogens with two attached hydrogens (primary N) is 1. The Morgan fingerprint density at radius 1 is 1.47 bits per heavy atom. The minimum Gasteiger partial charge on any atom is -0.355 e. The van der Waals surface area contributed by atoms with E-state index in [1.165, 1.54) is 19.3 Å². The number of hydrogen-bond acceptors (Lipinski definition) is 3. The molecule has 0 aliphatic heterocycles. The summed E-state index contributed by atoms with van der Waals surface area (Å²) in [5.74, 6) is 0.0905. The summed E-state index contributed by atoms with van der Waals surface area (Å²) < 4.78 is 0.307. The highest BCUT2D eigenvalue weighted by Crippen LogP contribution is 2.42. The Morgan fingerprint density at radius 2 is 2.06 bits per heavy atom. The Labute approximate surface area is 109 Å². The number of hydrogen-bond donors (Lipinski definition) is 2. The van der Waals surface area contributed by atoms with E-state index < -0.39 is 0 Å². The van der Waals surface area contributed by atoms with E-state index >= 15 is 0 Å². The smallest absolute Gasteiger partial charge is 0.221 e. The van der Waals surface area contributed by atoms with Gasteiger partial charge in [0.25, 0.3) is 0 Å². The molecule has 1 aliphatic carbocycles. The van der Waals surface area contributed by atoms with Crippen LogP contribution in [0.2, 0.25) is 0 Å². The molecule has 100 valence electrons. The summed E-state index contributed by atoms with van der Waals surface area (Å²) >= 11 is 1.88. The van der Waals surface area contributed by atoms with E-state index in [1.54, 1.807) is 0 Å².